The first-order chi connectivity index (χ1) is 9.06. The molecule has 6 atom stereocenters. The van der Waals surface area contributed by atoms with Crippen molar-refractivity contribution in [1.29, 1.82) is 0 Å². The van der Waals surface area contributed by atoms with Crippen LogP contribution in [0.2, 0.25) is 0 Å². The molecule has 0 saturated carbocycles. The van der Waals surface area contributed by atoms with Gasteiger partial charge in [-0.15, -0.1) is 0 Å². The maximum atomic E-state index is 12.3. The molecule has 2 unspecified atom stereocenters. The fourth-order valence-corrected chi connectivity index (χ4v) is 3.28. The van der Waals surface area contributed by atoms with Gasteiger partial charge in [0.05, 0.1) is 17.4 Å². The lowest BCUT2D eigenvalue weighted by Crippen LogP contribution is -2.59. The second-order valence-electron chi connectivity index (χ2n) is 4.31. The Morgan fingerprint density at radius 2 is 1.68 bits per heavy atom. The van der Waals surface area contributed by atoms with E-state index in [9.17, 15) is 19.5 Å². The summed E-state index contributed by atoms with van der Waals surface area (Å²) in [6.45, 7) is -0.534. The average molecular weight is 288 g/mol. The minimum atomic E-state index is -1.71. The topological polar surface area (TPSA) is 107 Å². The van der Waals surface area contributed by atoms with E-state index in [1.54, 1.807) is 30.3 Å². The molecule has 0 bridgehead atoms. The summed E-state index contributed by atoms with van der Waals surface area (Å²) >= 11 is 0. The molecule has 4 N–H and O–H groups in total. The molecule has 7 heteroatoms. The van der Waals surface area contributed by atoms with Crippen molar-refractivity contribution < 1.29 is 29.4 Å². The van der Waals surface area contributed by atoms with E-state index in [4.69, 9.17) is 9.84 Å². The molecule has 1 aliphatic rings. The van der Waals surface area contributed by atoms with Crippen molar-refractivity contribution in [2.45, 2.75) is 34.7 Å². The van der Waals surface area contributed by atoms with Crippen molar-refractivity contribution in [1.82, 2.24) is 0 Å². The molecule has 1 saturated heterocycles. The van der Waals surface area contributed by atoms with E-state index in [2.05, 4.69) is 0 Å². The van der Waals surface area contributed by atoms with Crippen LogP contribution in [0.15, 0.2) is 35.2 Å². The molecule has 0 spiro atoms. The Morgan fingerprint density at radius 1 is 1.05 bits per heavy atom. The second-order valence-corrected chi connectivity index (χ2v) is 5.84. The predicted octanol–water partition coefficient (Wildman–Crippen LogP) is -1.41. The molecule has 6 nitrogen and oxygen atoms in total. The van der Waals surface area contributed by atoms with Crippen LogP contribution in [0.3, 0.4) is 0 Å². The number of benzene rings is 1. The number of hydrogen-bond acceptors (Lipinski definition) is 6. The number of ether oxygens (including phenoxy) is 1. The summed E-state index contributed by atoms with van der Waals surface area (Å²) in [6, 6.07) is 8.36. The minimum Gasteiger partial charge on any atom is -0.394 e. The molecule has 1 aliphatic heterocycles. The summed E-state index contributed by atoms with van der Waals surface area (Å²) in [6.07, 6.45) is -5.48. The van der Waals surface area contributed by atoms with E-state index in [0.717, 1.165) is 0 Å². The van der Waals surface area contributed by atoms with Crippen LogP contribution in [0.5, 0.6) is 0 Å². The van der Waals surface area contributed by atoms with Gasteiger partial charge >= 0.3 is 0 Å². The highest BCUT2D eigenvalue weighted by atomic mass is 32.2. The van der Waals surface area contributed by atoms with Crippen LogP contribution in [0.1, 0.15) is 0 Å². The summed E-state index contributed by atoms with van der Waals surface area (Å²) < 4.78 is 17.5. The highest BCUT2D eigenvalue weighted by Gasteiger charge is 2.46. The fraction of sp³-hybridized carbons (Fsp3) is 0.500. The number of aliphatic hydroxyl groups is 4. The van der Waals surface area contributed by atoms with Gasteiger partial charge in [-0.1, -0.05) is 18.2 Å². The summed E-state index contributed by atoms with van der Waals surface area (Å²) in [5, 5.41) is 38.2. The van der Waals surface area contributed by atoms with Crippen LogP contribution in [0, 0.1) is 0 Å². The first-order valence-corrected chi connectivity index (χ1v) is 7.03. The zero-order chi connectivity index (χ0) is 14.0. The van der Waals surface area contributed by atoms with Crippen LogP contribution in [0.25, 0.3) is 0 Å². The average Bonchev–Trinajstić information content (AvgIpc) is 2.45. The lowest BCUT2D eigenvalue weighted by molar-refractivity contribution is -0.206. The molecular formula is C12H16O6S. The van der Waals surface area contributed by atoms with Crippen LogP contribution < -0.4 is 0 Å². The van der Waals surface area contributed by atoms with Gasteiger partial charge in [0.15, 0.2) is 5.44 Å². The van der Waals surface area contributed by atoms with Crippen molar-refractivity contribution in [3.05, 3.63) is 30.3 Å². The molecule has 1 heterocycles. The number of hydrogen-bond donors (Lipinski definition) is 4. The Balaban J connectivity index is 2.21. The van der Waals surface area contributed by atoms with E-state index < -0.39 is 47.3 Å². The minimum absolute atomic E-state index is 0.437. The van der Waals surface area contributed by atoms with Crippen LogP contribution in [-0.2, 0) is 15.5 Å². The quantitative estimate of drug-likeness (QED) is 0.544. The lowest BCUT2D eigenvalue weighted by Gasteiger charge is -2.39. The third-order valence-corrected chi connectivity index (χ3v) is 4.58. The predicted molar refractivity (Wildman–Crippen MR) is 66.6 cm³/mol. The Labute approximate surface area is 112 Å². The number of aliphatic hydroxyl groups excluding tert-OH is 4. The number of rotatable bonds is 3. The Kier molecular flexibility index (Phi) is 4.67. The third kappa shape index (κ3) is 2.86. The molecular weight excluding hydrogens is 272 g/mol. The van der Waals surface area contributed by atoms with E-state index in [1.807, 2.05) is 0 Å². The van der Waals surface area contributed by atoms with E-state index in [0.29, 0.717) is 4.90 Å². The molecule has 1 aromatic rings. The summed E-state index contributed by atoms with van der Waals surface area (Å²) in [5.41, 5.74) is -1.20. The largest absolute Gasteiger partial charge is 0.394 e. The van der Waals surface area contributed by atoms with Gasteiger partial charge in [0.25, 0.3) is 0 Å². The van der Waals surface area contributed by atoms with Crippen molar-refractivity contribution in [2.75, 3.05) is 6.61 Å². The fourth-order valence-electron chi connectivity index (χ4n) is 1.93. The standard InChI is InChI=1S/C12H16O6S/c13-6-8-9(14)10(15)11(16)12(18-8)19(17)7-4-2-1-3-5-7/h1-5,8-16H,6H2/t8-,9+,10+,11-,12?,19?/m1/s1. The van der Waals surface area contributed by atoms with Gasteiger partial charge in [-0.3, -0.25) is 4.21 Å². The zero-order valence-corrected chi connectivity index (χ0v) is 10.8. The smallest absolute Gasteiger partial charge is 0.166 e. The van der Waals surface area contributed by atoms with Crippen molar-refractivity contribution in [3.63, 3.8) is 0 Å². The third-order valence-electron chi connectivity index (χ3n) is 3.03. The van der Waals surface area contributed by atoms with Crippen LogP contribution in [0.4, 0.5) is 0 Å². The lowest BCUT2D eigenvalue weighted by atomic mass is 10.0. The van der Waals surface area contributed by atoms with Gasteiger partial charge in [0, 0.05) is 4.90 Å². The van der Waals surface area contributed by atoms with Gasteiger partial charge in [0.2, 0.25) is 0 Å². The highest BCUT2D eigenvalue weighted by molar-refractivity contribution is 7.85. The van der Waals surface area contributed by atoms with Gasteiger partial charge in [-0.25, -0.2) is 0 Å². The van der Waals surface area contributed by atoms with Gasteiger partial charge in [0.1, 0.15) is 24.4 Å². The summed E-state index contributed by atoms with van der Waals surface area (Å²) in [5.74, 6) is 0. The molecule has 0 aliphatic carbocycles. The van der Waals surface area contributed by atoms with Crippen molar-refractivity contribution >= 4 is 10.8 Å². The van der Waals surface area contributed by atoms with E-state index >= 15 is 0 Å². The van der Waals surface area contributed by atoms with Crippen molar-refractivity contribution in [3.8, 4) is 0 Å². The van der Waals surface area contributed by atoms with Crippen molar-refractivity contribution in [2.24, 2.45) is 0 Å². The molecule has 1 fully saturated rings. The van der Waals surface area contributed by atoms with E-state index in [1.165, 1.54) is 0 Å². The SMILES string of the molecule is O=S(c1ccccc1)C1O[C@H](CO)[C@H](O)[C@H](O)[C@H]1O. The van der Waals surface area contributed by atoms with Gasteiger partial charge < -0.3 is 25.2 Å². The molecule has 2 rings (SSSR count). The van der Waals surface area contributed by atoms with Gasteiger partial charge in [-0.05, 0) is 12.1 Å². The zero-order valence-electron chi connectivity index (χ0n) is 9.99. The maximum absolute atomic E-state index is 12.3. The summed E-state index contributed by atoms with van der Waals surface area (Å²) in [4.78, 5) is 0.437. The maximum Gasteiger partial charge on any atom is 0.166 e. The molecule has 19 heavy (non-hydrogen) atoms. The first kappa shape index (κ1) is 14.6. The Morgan fingerprint density at radius 3 is 2.26 bits per heavy atom. The Bertz CT molecular complexity index is 437. The summed E-state index contributed by atoms with van der Waals surface area (Å²) in [7, 11) is -1.71. The first-order valence-electron chi connectivity index (χ1n) is 5.82. The molecule has 106 valence electrons. The van der Waals surface area contributed by atoms with Gasteiger partial charge in [-0.2, -0.15) is 0 Å². The second kappa shape index (κ2) is 6.08. The van der Waals surface area contributed by atoms with Crippen LogP contribution >= 0.6 is 0 Å². The highest BCUT2D eigenvalue weighted by Crippen LogP contribution is 2.26. The Hall–Kier alpha value is -0.830. The molecule has 0 amide bonds. The normalized spacial score (nSPS) is 36.9. The monoisotopic (exact) mass is 288 g/mol. The van der Waals surface area contributed by atoms with E-state index in [-0.39, 0.29) is 0 Å². The molecule has 0 aromatic heterocycles. The molecule has 0 radical (unpaired) electrons. The van der Waals surface area contributed by atoms with Crippen LogP contribution in [-0.4, -0.2) is 61.1 Å². The molecule has 1 aromatic carbocycles.